The molecule has 0 radical (unpaired) electrons. The first-order valence-corrected chi connectivity index (χ1v) is 7.42. The molecular weight excluding hydrogens is 312 g/mol. The molecule has 0 fully saturated rings. The number of nitrogens with zero attached hydrogens (tertiary/aromatic N) is 1. The van der Waals surface area contributed by atoms with Gasteiger partial charge in [0.2, 0.25) is 5.91 Å². The predicted molar refractivity (Wildman–Crippen MR) is 86.9 cm³/mol. The van der Waals surface area contributed by atoms with Crippen molar-refractivity contribution in [2.45, 2.75) is 13.5 Å². The molecule has 1 heterocycles. The van der Waals surface area contributed by atoms with E-state index in [0.717, 1.165) is 0 Å². The van der Waals surface area contributed by atoms with E-state index in [1.807, 2.05) is 18.2 Å². The van der Waals surface area contributed by atoms with Gasteiger partial charge in [-0.15, -0.1) is 0 Å². The highest BCUT2D eigenvalue weighted by atomic mass is 16.5. The Hall–Kier alpha value is -3.03. The Kier molecular flexibility index (Phi) is 6.18. The van der Waals surface area contributed by atoms with Crippen molar-refractivity contribution in [3.63, 3.8) is 0 Å². The minimum atomic E-state index is -0.316. The van der Waals surface area contributed by atoms with Crippen LogP contribution >= 0.6 is 0 Å². The fraction of sp³-hybridized carbons (Fsp3) is 0.312. The van der Waals surface area contributed by atoms with Crippen molar-refractivity contribution in [2.24, 2.45) is 0 Å². The fourth-order valence-corrected chi connectivity index (χ4v) is 1.91. The third-order valence-corrected chi connectivity index (χ3v) is 3.08. The van der Waals surface area contributed by atoms with Crippen LogP contribution < -0.4 is 20.1 Å². The number of rotatable bonds is 8. The predicted octanol–water partition coefficient (Wildman–Crippen LogP) is 0.863. The fourth-order valence-electron chi connectivity index (χ4n) is 1.91. The summed E-state index contributed by atoms with van der Waals surface area (Å²) in [6.07, 6.45) is 0. The van der Waals surface area contributed by atoms with Gasteiger partial charge >= 0.3 is 0 Å². The van der Waals surface area contributed by atoms with Crippen LogP contribution in [0.3, 0.4) is 0 Å². The van der Waals surface area contributed by atoms with Gasteiger partial charge < -0.3 is 20.1 Å². The molecule has 2 aromatic rings. The van der Waals surface area contributed by atoms with Crippen LogP contribution in [0.4, 0.5) is 0 Å². The van der Waals surface area contributed by atoms with Crippen LogP contribution in [0.25, 0.3) is 0 Å². The molecule has 8 nitrogen and oxygen atoms in total. The molecule has 0 atom stereocenters. The minimum absolute atomic E-state index is 0.138. The van der Waals surface area contributed by atoms with Crippen molar-refractivity contribution >= 4 is 11.8 Å². The van der Waals surface area contributed by atoms with E-state index in [2.05, 4.69) is 20.8 Å². The number of carbonyl (C=O) groups is 2. The molecule has 0 aliphatic rings. The maximum absolute atomic E-state index is 11.9. The van der Waals surface area contributed by atoms with Gasteiger partial charge in [-0.3, -0.25) is 14.7 Å². The lowest BCUT2D eigenvalue weighted by Crippen LogP contribution is -2.33. The van der Waals surface area contributed by atoms with Gasteiger partial charge in [-0.2, -0.15) is 5.10 Å². The monoisotopic (exact) mass is 332 g/mol. The Labute approximate surface area is 139 Å². The molecule has 3 N–H and O–H groups in total. The highest BCUT2D eigenvalue weighted by molar-refractivity contribution is 5.92. The number of carbonyl (C=O) groups excluding carboxylic acids is 2. The first-order valence-electron chi connectivity index (χ1n) is 7.42. The number of H-pyrrole nitrogens is 1. The van der Waals surface area contributed by atoms with Crippen molar-refractivity contribution in [1.29, 1.82) is 0 Å². The van der Waals surface area contributed by atoms with Crippen LogP contribution in [0.1, 0.15) is 23.1 Å². The topological polar surface area (TPSA) is 105 Å². The number of amides is 2. The Morgan fingerprint density at radius 2 is 1.92 bits per heavy atom. The maximum atomic E-state index is 11.9. The second-order valence-electron chi connectivity index (χ2n) is 4.98. The van der Waals surface area contributed by atoms with Crippen molar-refractivity contribution < 1.29 is 19.1 Å². The Balaban J connectivity index is 1.81. The number of aromatic nitrogens is 2. The molecular formula is C16H20N4O4. The molecule has 0 saturated carbocycles. The van der Waals surface area contributed by atoms with Gasteiger partial charge in [0.15, 0.2) is 0 Å². The Morgan fingerprint density at radius 1 is 1.17 bits per heavy atom. The van der Waals surface area contributed by atoms with E-state index in [4.69, 9.17) is 9.47 Å². The molecule has 0 aliphatic heterocycles. The first-order chi connectivity index (χ1) is 11.6. The average Bonchev–Trinajstić information content (AvgIpc) is 3.06. The van der Waals surface area contributed by atoms with Gasteiger partial charge in [0.1, 0.15) is 23.8 Å². The molecule has 0 saturated heterocycles. The molecule has 1 aromatic heterocycles. The molecule has 8 heteroatoms. The molecule has 1 aromatic carbocycles. The summed E-state index contributed by atoms with van der Waals surface area (Å²) in [6, 6.07) is 8.86. The lowest BCUT2D eigenvalue weighted by atomic mass is 10.3. The number of aromatic amines is 1. The van der Waals surface area contributed by atoms with Gasteiger partial charge in [-0.05, 0) is 18.2 Å². The van der Waals surface area contributed by atoms with E-state index in [1.54, 1.807) is 19.2 Å². The zero-order chi connectivity index (χ0) is 17.4. The summed E-state index contributed by atoms with van der Waals surface area (Å²) in [5, 5.41) is 12.0. The molecule has 0 unspecified atom stereocenters. The third kappa shape index (κ3) is 5.31. The van der Waals surface area contributed by atoms with E-state index in [1.165, 1.54) is 6.92 Å². The zero-order valence-corrected chi connectivity index (χ0v) is 13.6. The van der Waals surface area contributed by atoms with Crippen molar-refractivity contribution in [1.82, 2.24) is 20.8 Å². The summed E-state index contributed by atoms with van der Waals surface area (Å²) in [6.45, 7) is 2.38. The number of benzene rings is 1. The highest BCUT2D eigenvalue weighted by Gasteiger charge is 2.10. The molecule has 2 rings (SSSR count). The number of methoxy groups -OCH3 is 1. The highest BCUT2D eigenvalue weighted by Crippen LogP contribution is 2.19. The second-order valence-corrected chi connectivity index (χ2v) is 4.98. The number of hydrogen-bond acceptors (Lipinski definition) is 5. The van der Waals surface area contributed by atoms with Crippen molar-refractivity contribution in [3.8, 4) is 11.5 Å². The molecule has 0 bridgehead atoms. The number of nitrogens with one attached hydrogen (secondary N) is 3. The first kappa shape index (κ1) is 17.3. The van der Waals surface area contributed by atoms with E-state index >= 15 is 0 Å². The Morgan fingerprint density at radius 3 is 2.67 bits per heavy atom. The molecule has 2 amide bonds. The van der Waals surface area contributed by atoms with Gasteiger partial charge in [0.25, 0.3) is 5.91 Å². The zero-order valence-electron chi connectivity index (χ0n) is 13.6. The lowest BCUT2D eigenvalue weighted by Gasteiger charge is -2.06. The van der Waals surface area contributed by atoms with E-state index < -0.39 is 0 Å². The van der Waals surface area contributed by atoms with Gasteiger partial charge in [-0.1, -0.05) is 6.07 Å². The van der Waals surface area contributed by atoms with Crippen LogP contribution in [0.2, 0.25) is 0 Å². The van der Waals surface area contributed by atoms with Crippen LogP contribution in [-0.4, -0.2) is 42.2 Å². The van der Waals surface area contributed by atoms with Gasteiger partial charge in [0, 0.05) is 26.1 Å². The summed E-state index contributed by atoms with van der Waals surface area (Å²) in [7, 11) is 1.59. The number of hydrogen-bond donors (Lipinski definition) is 3. The SMILES string of the molecule is COc1cccc(OCc2cc(C(=O)NCCNC(C)=O)n[nH]2)c1. The van der Waals surface area contributed by atoms with E-state index in [-0.39, 0.29) is 24.1 Å². The normalized spacial score (nSPS) is 10.1. The summed E-state index contributed by atoms with van der Waals surface area (Å²) in [5.41, 5.74) is 0.937. The largest absolute Gasteiger partial charge is 0.497 e. The molecule has 128 valence electrons. The van der Waals surface area contributed by atoms with Crippen LogP contribution in [0, 0.1) is 0 Å². The summed E-state index contributed by atoms with van der Waals surface area (Å²) in [4.78, 5) is 22.6. The van der Waals surface area contributed by atoms with Gasteiger partial charge in [0.05, 0.1) is 12.8 Å². The van der Waals surface area contributed by atoms with Crippen LogP contribution in [-0.2, 0) is 11.4 Å². The number of ether oxygens (including phenoxy) is 2. The van der Waals surface area contributed by atoms with Crippen LogP contribution in [0.15, 0.2) is 30.3 Å². The quantitative estimate of drug-likeness (QED) is 0.622. The molecule has 0 aliphatic carbocycles. The molecule has 0 spiro atoms. The van der Waals surface area contributed by atoms with Crippen molar-refractivity contribution in [2.75, 3.05) is 20.2 Å². The molecule has 24 heavy (non-hydrogen) atoms. The standard InChI is InChI=1S/C16H20N4O4/c1-11(21)17-6-7-18-16(22)15-8-12(19-20-15)10-24-14-5-3-4-13(9-14)23-2/h3-5,8-9H,6-7,10H2,1-2H3,(H,17,21)(H,18,22)(H,19,20). The summed E-state index contributed by atoms with van der Waals surface area (Å²) < 4.78 is 10.7. The van der Waals surface area contributed by atoms with Gasteiger partial charge in [-0.25, -0.2) is 0 Å². The summed E-state index contributed by atoms with van der Waals surface area (Å²) in [5.74, 6) is 0.909. The van der Waals surface area contributed by atoms with E-state index in [9.17, 15) is 9.59 Å². The minimum Gasteiger partial charge on any atom is -0.497 e. The van der Waals surface area contributed by atoms with E-state index in [0.29, 0.717) is 30.3 Å². The smallest absolute Gasteiger partial charge is 0.271 e. The third-order valence-electron chi connectivity index (χ3n) is 3.08. The van der Waals surface area contributed by atoms with Crippen LogP contribution in [0.5, 0.6) is 11.5 Å². The average molecular weight is 332 g/mol. The van der Waals surface area contributed by atoms with Crippen molar-refractivity contribution in [3.05, 3.63) is 41.7 Å². The Bertz CT molecular complexity index is 699. The summed E-state index contributed by atoms with van der Waals surface area (Å²) >= 11 is 0. The lowest BCUT2D eigenvalue weighted by molar-refractivity contribution is -0.118. The maximum Gasteiger partial charge on any atom is 0.271 e. The second kappa shape index (κ2) is 8.56.